The molecule has 2 unspecified atom stereocenters. The van der Waals surface area contributed by atoms with Gasteiger partial charge in [0.25, 0.3) is 0 Å². The van der Waals surface area contributed by atoms with Gasteiger partial charge in [-0.05, 0) is 20.9 Å². The molecule has 0 amide bonds. The Morgan fingerprint density at radius 2 is 2.06 bits per heavy atom. The quantitative estimate of drug-likeness (QED) is 0.729. The Labute approximate surface area is 119 Å². The summed E-state index contributed by atoms with van der Waals surface area (Å²) < 4.78 is 11.9. The van der Waals surface area contributed by atoms with Crippen molar-refractivity contribution in [1.82, 2.24) is 9.80 Å². The molecule has 0 aliphatic carbocycles. The standard InChI is InChI=1S/C13H25BrN2O2/c1-13(2)10-16(8-11(6-14)18-13)9-12-7-15(3)4-5-17-12/h11-12H,4-10H2,1-3H3. The number of rotatable bonds is 3. The summed E-state index contributed by atoms with van der Waals surface area (Å²) in [5.74, 6) is 0. The van der Waals surface area contributed by atoms with E-state index in [2.05, 4.69) is 46.6 Å². The Kier molecular flexibility index (Phi) is 5.06. The van der Waals surface area contributed by atoms with Gasteiger partial charge in [-0.2, -0.15) is 0 Å². The highest BCUT2D eigenvalue weighted by atomic mass is 79.9. The normalized spacial score (nSPS) is 34.7. The molecule has 0 N–H and O–H groups in total. The van der Waals surface area contributed by atoms with Crippen molar-refractivity contribution in [3.63, 3.8) is 0 Å². The molecule has 0 radical (unpaired) electrons. The fraction of sp³-hybridized carbons (Fsp3) is 1.00. The van der Waals surface area contributed by atoms with Crippen LogP contribution in [-0.2, 0) is 9.47 Å². The zero-order chi connectivity index (χ0) is 13.2. The van der Waals surface area contributed by atoms with Gasteiger partial charge < -0.3 is 14.4 Å². The summed E-state index contributed by atoms with van der Waals surface area (Å²) in [6, 6.07) is 0. The van der Waals surface area contributed by atoms with Crippen LogP contribution in [0.25, 0.3) is 0 Å². The fourth-order valence-electron chi connectivity index (χ4n) is 2.90. The summed E-state index contributed by atoms with van der Waals surface area (Å²) in [7, 11) is 2.17. The molecule has 2 aliphatic heterocycles. The van der Waals surface area contributed by atoms with E-state index >= 15 is 0 Å². The lowest BCUT2D eigenvalue weighted by molar-refractivity contribution is -0.138. The van der Waals surface area contributed by atoms with Crippen LogP contribution in [0.2, 0.25) is 0 Å². The minimum Gasteiger partial charge on any atom is -0.374 e. The zero-order valence-corrected chi connectivity index (χ0v) is 13.3. The van der Waals surface area contributed by atoms with Gasteiger partial charge in [0.15, 0.2) is 0 Å². The predicted octanol–water partition coefficient (Wildman–Crippen LogP) is 1.19. The second kappa shape index (κ2) is 6.18. The van der Waals surface area contributed by atoms with Crippen molar-refractivity contribution in [2.24, 2.45) is 0 Å². The van der Waals surface area contributed by atoms with Gasteiger partial charge in [-0.1, -0.05) is 15.9 Å². The molecule has 0 aromatic rings. The van der Waals surface area contributed by atoms with Crippen LogP contribution in [0, 0.1) is 0 Å². The van der Waals surface area contributed by atoms with Gasteiger partial charge >= 0.3 is 0 Å². The van der Waals surface area contributed by atoms with Crippen LogP contribution < -0.4 is 0 Å². The van der Waals surface area contributed by atoms with E-state index < -0.39 is 0 Å². The number of hydrogen-bond acceptors (Lipinski definition) is 4. The Bertz CT molecular complexity index is 276. The van der Waals surface area contributed by atoms with E-state index in [1.54, 1.807) is 0 Å². The fourth-order valence-corrected chi connectivity index (χ4v) is 3.24. The van der Waals surface area contributed by atoms with Crippen LogP contribution in [0.1, 0.15) is 13.8 Å². The predicted molar refractivity (Wildman–Crippen MR) is 76.4 cm³/mol. The van der Waals surface area contributed by atoms with Crippen LogP contribution in [0.3, 0.4) is 0 Å². The molecular weight excluding hydrogens is 296 g/mol. The van der Waals surface area contributed by atoms with Crippen LogP contribution in [0.4, 0.5) is 0 Å². The molecule has 18 heavy (non-hydrogen) atoms. The number of morpholine rings is 2. The summed E-state index contributed by atoms with van der Waals surface area (Å²) in [5.41, 5.74) is -0.0583. The monoisotopic (exact) mass is 320 g/mol. The summed E-state index contributed by atoms with van der Waals surface area (Å²) >= 11 is 3.53. The molecule has 0 bridgehead atoms. The van der Waals surface area contributed by atoms with Gasteiger partial charge in [0, 0.05) is 38.1 Å². The van der Waals surface area contributed by atoms with E-state index in [0.29, 0.717) is 6.10 Å². The molecule has 5 heteroatoms. The molecule has 0 spiro atoms. The topological polar surface area (TPSA) is 24.9 Å². The second-order valence-electron chi connectivity index (χ2n) is 6.10. The van der Waals surface area contributed by atoms with E-state index in [0.717, 1.165) is 44.7 Å². The molecular formula is C13H25BrN2O2. The third-order valence-electron chi connectivity index (χ3n) is 3.53. The molecule has 2 aliphatic rings. The van der Waals surface area contributed by atoms with Crippen LogP contribution in [0.15, 0.2) is 0 Å². The number of halogens is 1. The van der Waals surface area contributed by atoms with Gasteiger partial charge in [0.2, 0.25) is 0 Å². The molecule has 2 atom stereocenters. The van der Waals surface area contributed by atoms with Crippen molar-refractivity contribution >= 4 is 15.9 Å². The van der Waals surface area contributed by atoms with Crippen molar-refractivity contribution in [3.05, 3.63) is 0 Å². The van der Waals surface area contributed by atoms with Crippen molar-refractivity contribution in [1.29, 1.82) is 0 Å². The Morgan fingerprint density at radius 3 is 2.72 bits per heavy atom. The molecule has 106 valence electrons. The Balaban J connectivity index is 1.87. The molecule has 4 nitrogen and oxygen atoms in total. The van der Waals surface area contributed by atoms with E-state index in [4.69, 9.17) is 9.47 Å². The first-order chi connectivity index (χ1) is 8.48. The second-order valence-corrected chi connectivity index (χ2v) is 6.75. The number of alkyl halides is 1. The highest BCUT2D eigenvalue weighted by Gasteiger charge is 2.34. The van der Waals surface area contributed by atoms with Gasteiger partial charge in [0.1, 0.15) is 0 Å². The molecule has 2 rings (SSSR count). The van der Waals surface area contributed by atoms with E-state index in [-0.39, 0.29) is 11.7 Å². The van der Waals surface area contributed by atoms with Gasteiger partial charge in [-0.3, -0.25) is 4.90 Å². The maximum Gasteiger partial charge on any atom is 0.0829 e. The summed E-state index contributed by atoms with van der Waals surface area (Å²) in [6.45, 7) is 10.3. The first-order valence-corrected chi connectivity index (χ1v) is 7.87. The minimum atomic E-state index is -0.0583. The Hall–Kier alpha value is 0.320. The van der Waals surface area contributed by atoms with E-state index in [1.165, 1.54) is 0 Å². The third kappa shape index (κ3) is 4.17. The van der Waals surface area contributed by atoms with Crippen molar-refractivity contribution in [3.8, 4) is 0 Å². The van der Waals surface area contributed by atoms with Gasteiger partial charge in [-0.25, -0.2) is 0 Å². The number of hydrogen-bond donors (Lipinski definition) is 0. The largest absolute Gasteiger partial charge is 0.374 e. The smallest absolute Gasteiger partial charge is 0.0829 e. The van der Waals surface area contributed by atoms with Crippen molar-refractivity contribution in [2.45, 2.75) is 31.7 Å². The number of nitrogens with zero attached hydrogens (tertiary/aromatic N) is 2. The highest BCUT2D eigenvalue weighted by molar-refractivity contribution is 9.09. The maximum absolute atomic E-state index is 6.02. The lowest BCUT2D eigenvalue weighted by atomic mass is 10.0. The van der Waals surface area contributed by atoms with Crippen LogP contribution >= 0.6 is 15.9 Å². The Morgan fingerprint density at radius 1 is 1.28 bits per heavy atom. The van der Waals surface area contributed by atoms with Crippen molar-refractivity contribution in [2.75, 3.05) is 51.7 Å². The molecule has 2 heterocycles. The lowest BCUT2D eigenvalue weighted by Gasteiger charge is -2.44. The first-order valence-electron chi connectivity index (χ1n) is 6.75. The highest BCUT2D eigenvalue weighted by Crippen LogP contribution is 2.22. The summed E-state index contributed by atoms with van der Waals surface area (Å²) in [6.07, 6.45) is 0.628. The molecule has 0 saturated carbocycles. The summed E-state index contributed by atoms with van der Waals surface area (Å²) in [5, 5.41) is 0.901. The first kappa shape index (κ1) is 14.7. The molecule has 2 saturated heterocycles. The number of ether oxygens (including phenoxy) is 2. The summed E-state index contributed by atoms with van der Waals surface area (Å²) in [4.78, 5) is 4.83. The maximum atomic E-state index is 6.02. The van der Waals surface area contributed by atoms with Gasteiger partial charge in [0.05, 0.1) is 24.4 Å². The molecule has 2 fully saturated rings. The third-order valence-corrected chi connectivity index (χ3v) is 4.25. The average Bonchev–Trinajstić information content (AvgIpc) is 2.26. The zero-order valence-electron chi connectivity index (χ0n) is 11.7. The van der Waals surface area contributed by atoms with Crippen LogP contribution in [0.5, 0.6) is 0 Å². The van der Waals surface area contributed by atoms with Gasteiger partial charge in [-0.15, -0.1) is 0 Å². The molecule has 0 aromatic carbocycles. The average molecular weight is 321 g/mol. The lowest BCUT2D eigenvalue weighted by Crippen LogP contribution is -2.56. The van der Waals surface area contributed by atoms with E-state index in [9.17, 15) is 0 Å². The number of likely N-dealkylation sites (N-methyl/N-ethyl adjacent to an activating group) is 1. The van der Waals surface area contributed by atoms with E-state index in [1.807, 2.05) is 0 Å². The molecule has 0 aromatic heterocycles. The van der Waals surface area contributed by atoms with Crippen LogP contribution in [-0.4, -0.2) is 79.3 Å². The van der Waals surface area contributed by atoms with Crippen molar-refractivity contribution < 1.29 is 9.47 Å². The SMILES string of the molecule is CN1CCOC(CN2CC(CBr)OC(C)(C)C2)C1. The minimum absolute atomic E-state index is 0.0583.